The molecular weight excluding hydrogens is 240 g/mol. The Bertz CT molecular complexity index is 456. The first-order valence-electron chi connectivity index (χ1n) is 6.69. The molecule has 0 aliphatic carbocycles. The SMILES string of the molecule is N#Cc1ccc(NC(=O)CCC2CCCCO2)cc1. The maximum absolute atomic E-state index is 11.8. The maximum atomic E-state index is 11.8. The summed E-state index contributed by atoms with van der Waals surface area (Å²) in [7, 11) is 0. The Labute approximate surface area is 113 Å². The molecule has 0 aromatic heterocycles. The molecule has 1 fully saturated rings. The third-order valence-corrected chi connectivity index (χ3v) is 3.27. The van der Waals surface area contributed by atoms with Gasteiger partial charge < -0.3 is 10.1 Å². The summed E-state index contributed by atoms with van der Waals surface area (Å²) >= 11 is 0. The number of nitriles is 1. The number of ether oxygens (including phenoxy) is 1. The number of nitrogens with zero attached hydrogens (tertiary/aromatic N) is 1. The highest BCUT2D eigenvalue weighted by atomic mass is 16.5. The highest BCUT2D eigenvalue weighted by molar-refractivity contribution is 5.90. The van der Waals surface area contributed by atoms with Crippen LogP contribution in [0.4, 0.5) is 5.69 Å². The number of hydrogen-bond donors (Lipinski definition) is 1. The van der Waals surface area contributed by atoms with E-state index >= 15 is 0 Å². The molecule has 0 radical (unpaired) electrons. The highest BCUT2D eigenvalue weighted by Gasteiger charge is 2.15. The van der Waals surface area contributed by atoms with E-state index in [2.05, 4.69) is 5.32 Å². The lowest BCUT2D eigenvalue weighted by Gasteiger charge is -2.22. The van der Waals surface area contributed by atoms with Gasteiger partial charge >= 0.3 is 0 Å². The Kier molecular flexibility index (Phi) is 4.93. The zero-order valence-corrected chi connectivity index (χ0v) is 10.9. The molecule has 0 saturated carbocycles. The molecule has 4 heteroatoms. The van der Waals surface area contributed by atoms with Gasteiger partial charge in [0.15, 0.2) is 0 Å². The number of benzene rings is 1. The summed E-state index contributed by atoms with van der Waals surface area (Å²) in [6.45, 7) is 0.821. The second-order valence-electron chi connectivity index (χ2n) is 4.76. The van der Waals surface area contributed by atoms with E-state index in [9.17, 15) is 4.79 Å². The Morgan fingerprint density at radius 1 is 1.37 bits per heavy atom. The van der Waals surface area contributed by atoms with Crippen molar-refractivity contribution in [2.45, 2.75) is 38.2 Å². The van der Waals surface area contributed by atoms with Crippen LogP contribution in [0.1, 0.15) is 37.7 Å². The van der Waals surface area contributed by atoms with E-state index in [4.69, 9.17) is 10.00 Å². The first-order chi connectivity index (χ1) is 9.28. The van der Waals surface area contributed by atoms with E-state index < -0.39 is 0 Å². The van der Waals surface area contributed by atoms with Crippen molar-refractivity contribution in [3.8, 4) is 6.07 Å². The molecule has 1 saturated heterocycles. The first-order valence-corrected chi connectivity index (χ1v) is 6.69. The Hall–Kier alpha value is -1.86. The van der Waals surface area contributed by atoms with E-state index in [0.29, 0.717) is 12.0 Å². The van der Waals surface area contributed by atoms with Crippen molar-refractivity contribution in [3.63, 3.8) is 0 Å². The van der Waals surface area contributed by atoms with E-state index in [-0.39, 0.29) is 12.0 Å². The van der Waals surface area contributed by atoms with Crippen LogP contribution in [0.5, 0.6) is 0 Å². The van der Waals surface area contributed by atoms with Crippen LogP contribution in [-0.4, -0.2) is 18.6 Å². The summed E-state index contributed by atoms with van der Waals surface area (Å²) in [5.74, 6) is -0.00104. The standard InChI is InChI=1S/C15H18N2O2/c16-11-12-4-6-13(7-5-12)17-15(18)9-8-14-3-1-2-10-19-14/h4-7,14H,1-3,8-10H2,(H,17,18). The van der Waals surface area contributed by atoms with Gasteiger partial charge in [-0.05, 0) is 49.9 Å². The zero-order chi connectivity index (χ0) is 13.5. The lowest BCUT2D eigenvalue weighted by atomic mass is 10.0. The van der Waals surface area contributed by atoms with Gasteiger partial charge in [-0.25, -0.2) is 0 Å². The van der Waals surface area contributed by atoms with E-state index in [1.165, 1.54) is 6.42 Å². The van der Waals surface area contributed by atoms with Crippen LogP contribution in [0, 0.1) is 11.3 Å². The number of hydrogen-bond acceptors (Lipinski definition) is 3. The molecule has 1 N–H and O–H groups in total. The second-order valence-corrected chi connectivity index (χ2v) is 4.76. The van der Waals surface area contributed by atoms with E-state index in [0.717, 1.165) is 31.6 Å². The smallest absolute Gasteiger partial charge is 0.224 e. The third kappa shape index (κ3) is 4.38. The van der Waals surface area contributed by atoms with Crippen molar-refractivity contribution in [1.82, 2.24) is 0 Å². The predicted molar refractivity (Wildman–Crippen MR) is 72.6 cm³/mol. The molecule has 1 unspecified atom stereocenters. The minimum absolute atomic E-state index is 0.00104. The lowest BCUT2D eigenvalue weighted by Crippen LogP contribution is -2.21. The van der Waals surface area contributed by atoms with Crippen molar-refractivity contribution in [2.75, 3.05) is 11.9 Å². The molecule has 1 aliphatic heterocycles. The monoisotopic (exact) mass is 258 g/mol. The molecule has 4 nitrogen and oxygen atoms in total. The van der Waals surface area contributed by atoms with Gasteiger partial charge in [0.05, 0.1) is 17.7 Å². The average Bonchev–Trinajstić information content (AvgIpc) is 2.47. The quantitative estimate of drug-likeness (QED) is 0.903. The summed E-state index contributed by atoms with van der Waals surface area (Å²) in [5, 5.41) is 11.5. The predicted octanol–water partition coefficient (Wildman–Crippen LogP) is 2.85. The molecule has 1 amide bonds. The molecule has 1 aliphatic rings. The Morgan fingerprint density at radius 3 is 2.79 bits per heavy atom. The van der Waals surface area contributed by atoms with Crippen LogP contribution in [0.3, 0.4) is 0 Å². The molecular formula is C15H18N2O2. The minimum Gasteiger partial charge on any atom is -0.378 e. The molecule has 0 bridgehead atoms. The van der Waals surface area contributed by atoms with Gasteiger partial charge in [0, 0.05) is 18.7 Å². The number of nitrogens with one attached hydrogen (secondary N) is 1. The fraction of sp³-hybridized carbons (Fsp3) is 0.467. The number of anilines is 1. The topological polar surface area (TPSA) is 62.1 Å². The number of carbonyl (C=O) groups is 1. The summed E-state index contributed by atoms with van der Waals surface area (Å²) < 4.78 is 5.59. The Morgan fingerprint density at radius 2 is 2.16 bits per heavy atom. The molecule has 1 aromatic rings. The largest absolute Gasteiger partial charge is 0.378 e. The lowest BCUT2D eigenvalue weighted by molar-refractivity contribution is -0.117. The van der Waals surface area contributed by atoms with Crippen molar-refractivity contribution in [2.24, 2.45) is 0 Å². The third-order valence-electron chi connectivity index (χ3n) is 3.27. The minimum atomic E-state index is -0.00104. The summed E-state index contributed by atoms with van der Waals surface area (Å²) in [6.07, 6.45) is 4.88. The van der Waals surface area contributed by atoms with Gasteiger partial charge in [0.1, 0.15) is 0 Å². The van der Waals surface area contributed by atoms with Gasteiger partial charge in [-0.2, -0.15) is 5.26 Å². The number of rotatable bonds is 4. The molecule has 2 rings (SSSR count). The van der Waals surface area contributed by atoms with E-state index in [1.807, 2.05) is 6.07 Å². The molecule has 0 spiro atoms. The van der Waals surface area contributed by atoms with Gasteiger partial charge in [0.25, 0.3) is 0 Å². The van der Waals surface area contributed by atoms with Gasteiger partial charge in [0.2, 0.25) is 5.91 Å². The van der Waals surface area contributed by atoms with Crippen LogP contribution < -0.4 is 5.32 Å². The summed E-state index contributed by atoms with van der Waals surface area (Å²) in [6, 6.07) is 8.92. The molecule has 1 heterocycles. The summed E-state index contributed by atoms with van der Waals surface area (Å²) in [4.78, 5) is 11.8. The van der Waals surface area contributed by atoms with Gasteiger partial charge in [-0.3, -0.25) is 4.79 Å². The van der Waals surface area contributed by atoms with Crippen LogP contribution >= 0.6 is 0 Å². The van der Waals surface area contributed by atoms with Gasteiger partial charge in [-0.15, -0.1) is 0 Å². The van der Waals surface area contributed by atoms with Crippen molar-refractivity contribution >= 4 is 11.6 Å². The molecule has 19 heavy (non-hydrogen) atoms. The Balaban J connectivity index is 1.75. The zero-order valence-electron chi connectivity index (χ0n) is 10.9. The van der Waals surface area contributed by atoms with Crippen molar-refractivity contribution < 1.29 is 9.53 Å². The fourth-order valence-electron chi connectivity index (χ4n) is 2.18. The van der Waals surface area contributed by atoms with Gasteiger partial charge in [-0.1, -0.05) is 0 Å². The maximum Gasteiger partial charge on any atom is 0.224 e. The van der Waals surface area contributed by atoms with Crippen LogP contribution in [0.15, 0.2) is 24.3 Å². The first kappa shape index (κ1) is 13.6. The number of amides is 1. The van der Waals surface area contributed by atoms with Crippen molar-refractivity contribution in [1.29, 1.82) is 5.26 Å². The second kappa shape index (κ2) is 6.91. The normalized spacial score (nSPS) is 18.6. The summed E-state index contributed by atoms with van der Waals surface area (Å²) in [5.41, 5.74) is 1.32. The molecule has 1 atom stereocenters. The van der Waals surface area contributed by atoms with Crippen LogP contribution in [0.25, 0.3) is 0 Å². The average molecular weight is 258 g/mol. The van der Waals surface area contributed by atoms with Crippen LogP contribution in [-0.2, 0) is 9.53 Å². The molecule has 100 valence electrons. The fourth-order valence-corrected chi connectivity index (χ4v) is 2.18. The highest BCUT2D eigenvalue weighted by Crippen LogP contribution is 2.17. The molecule has 1 aromatic carbocycles. The van der Waals surface area contributed by atoms with E-state index in [1.54, 1.807) is 24.3 Å². The number of carbonyl (C=O) groups excluding carboxylic acids is 1. The van der Waals surface area contributed by atoms with Crippen LogP contribution in [0.2, 0.25) is 0 Å². The van der Waals surface area contributed by atoms with Crippen molar-refractivity contribution in [3.05, 3.63) is 29.8 Å².